The van der Waals surface area contributed by atoms with E-state index in [9.17, 15) is 0 Å². The zero-order chi connectivity index (χ0) is 6.57. The minimum absolute atomic E-state index is 0.101. The van der Waals surface area contributed by atoms with Crippen LogP contribution in [0.15, 0.2) is 0 Å². The summed E-state index contributed by atoms with van der Waals surface area (Å²) in [5.41, 5.74) is 0. The lowest BCUT2D eigenvalue weighted by molar-refractivity contribution is -0.0420. The zero-order valence-corrected chi connectivity index (χ0v) is 5.76. The molecular weight excluding hydrogens is 104 g/mol. The van der Waals surface area contributed by atoms with Crippen molar-refractivity contribution < 1.29 is 5.11 Å². The number of hydrogen-bond donors (Lipinski definition) is 1. The Kier molecular flexibility index (Phi) is 3.77. The number of nitrogens with zero attached hydrogens (tertiary/aromatic N) is 2. The van der Waals surface area contributed by atoms with Crippen molar-refractivity contribution in [2.45, 2.75) is 6.92 Å². The van der Waals surface area contributed by atoms with E-state index in [1.807, 2.05) is 26.0 Å². The van der Waals surface area contributed by atoms with Gasteiger partial charge in [-0.3, -0.25) is 0 Å². The topological polar surface area (TPSA) is 26.7 Å². The van der Waals surface area contributed by atoms with E-state index in [1.54, 1.807) is 5.01 Å². The van der Waals surface area contributed by atoms with Crippen LogP contribution >= 0.6 is 0 Å². The Bertz CT molecular complexity index is 52.4. The summed E-state index contributed by atoms with van der Waals surface area (Å²) in [5, 5.41) is 12.2. The highest BCUT2D eigenvalue weighted by atomic mass is 16.3. The van der Waals surface area contributed by atoms with Gasteiger partial charge in [0.2, 0.25) is 0 Å². The maximum Gasteiger partial charge on any atom is 0.109 e. The van der Waals surface area contributed by atoms with Crippen molar-refractivity contribution in [1.82, 2.24) is 10.0 Å². The van der Waals surface area contributed by atoms with E-state index in [0.717, 1.165) is 6.54 Å². The van der Waals surface area contributed by atoms with Crippen LogP contribution in [-0.2, 0) is 0 Å². The average molecular weight is 118 g/mol. The Morgan fingerprint density at radius 1 is 1.38 bits per heavy atom. The first-order chi connectivity index (χ1) is 3.72. The third-order valence-corrected chi connectivity index (χ3v) is 1.09. The predicted octanol–water partition coefficient (Wildman–Crippen LogP) is -0.265. The summed E-state index contributed by atoms with van der Waals surface area (Å²) in [6.45, 7) is 2.95. The summed E-state index contributed by atoms with van der Waals surface area (Å²) in [6, 6.07) is 0. The van der Waals surface area contributed by atoms with E-state index in [1.165, 1.54) is 0 Å². The van der Waals surface area contributed by atoms with Gasteiger partial charge in [0.25, 0.3) is 0 Å². The molecule has 0 aliphatic carbocycles. The van der Waals surface area contributed by atoms with E-state index in [4.69, 9.17) is 5.11 Å². The normalized spacial score (nSPS) is 11.2. The Hall–Kier alpha value is -0.120. The van der Waals surface area contributed by atoms with Crippen molar-refractivity contribution in [3.63, 3.8) is 0 Å². The standard InChI is InChI=1S/C5H14N2O/c1-4-7(5-8)6(2)3/h8H,4-5H2,1-3H3. The summed E-state index contributed by atoms with van der Waals surface area (Å²) in [5.74, 6) is 0. The van der Waals surface area contributed by atoms with Crippen molar-refractivity contribution in [3.05, 3.63) is 0 Å². The number of hydrogen-bond acceptors (Lipinski definition) is 3. The van der Waals surface area contributed by atoms with Crippen LogP contribution in [0, 0.1) is 0 Å². The molecular formula is C5H14N2O. The molecule has 3 nitrogen and oxygen atoms in total. The van der Waals surface area contributed by atoms with Gasteiger partial charge in [0.05, 0.1) is 0 Å². The maximum atomic E-state index is 8.58. The second-order valence-corrected chi connectivity index (χ2v) is 1.81. The van der Waals surface area contributed by atoms with Crippen LogP contribution < -0.4 is 0 Å². The van der Waals surface area contributed by atoms with Crippen LogP contribution in [0.3, 0.4) is 0 Å². The molecule has 0 heterocycles. The van der Waals surface area contributed by atoms with Crippen molar-refractivity contribution in [2.75, 3.05) is 27.4 Å². The minimum atomic E-state index is 0.101. The first-order valence-corrected chi connectivity index (χ1v) is 2.75. The van der Waals surface area contributed by atoms with Gasteiger partial charge in [-0.15, -0.1) is 0 Å². The Labute approximate surface area is 50.5 Å². The van der Waals surface area contributed by atoms with Crippen molar-refractivity contribution >= 4 is 0 Å². The molecule has 0 aromatic rings. The summed E-state index contributed by atoms with van der Waals surface area (Å²) >= 11 is 0. The summed E-state index contributed by atoms with van der Waals surface area (Å²) in [7, 11) is 3.80. The highest BCUT2D eigenvalue weighted by Gasteiger charge is 1.98. The lowest BCUT2D eigenvalue weighted by Crippen LogP contribution is -2.37. The van der Waals surface area contributed by atoms with E-state index >= 15 is 0 Å². The molecule has 0 aliphatic heterocycles. The fraction of sp³-hybridized carbons (Fsp3) is 1.00. The van der Waals surface area contributed by atoms with Crippen LogP contribution in [0.25, 0.3) is 0 Å². The molecule has 1 N–H and O–H groups in total. The maximum absolute atomic E-state index is 8.58. The lowest BCUT2D eigenvalue weighted by atomic mass is 10.7. The molecule has 0 aromatic carbocycles. The number of rotatable bonds is 3. The molecule has 0 aromatic heterocycles. The van der Waals surface area contributed by atoms with Crippen LogP contribution in [0.5, 0.6) is 0 Å². The first-order valence-electron chi connectivity index (χ1n) is 2.75. The molecule has 50 valence electrons. The van der Waals surface area contributed by atoms with E-state index < -0.39 is 0 Å². The van der Waals surface area contributed by atoms with Crippen LogP contribution in [0.1, 0.15) is 6.92 Å². The second-order valence-electron chi connectivity index (χ2n) is 1.81. The minimum Gasteiger partial charge on any atom is -0.380 e. The molecule has 0 rings (SSSR count). The molecule has 0 saturated heterocycles. The number of aliphatic hydroxyl groups is 1. The summed E-state index contributed by atoms with van der Waals surface area (Å²) in [6.07, 6.45) is 0. The van der Waals surface area contributed by atoms with Gasteiger partial charge in [-0.05, 0) is 0 Å². The molecule has 0 unspecified atom stereocenters. The Morgan fingerprint density at radius 3 is 1.88 bits per heavy atom. The van der Waals surface area contributed by atoms with Crippen molar-refractivity contribution in [2.24, 2.45) is 0 Å². The van der Waals surface area contributed by atoms with Gasteiger partial charge in [-0.2, -0.15) is 0 Å². The largest absolute Gasteiger partial charge is 0.380 e. The fourth-order valence-electron chi connectivity index (χ4n) is 0.509. The van der Waals surface area contributed by atoms with Crippen LogP contribution in [0.4, 0.5) is 0 Å². The molecule has 0 saturated carbocycles. The molecule has 0 aliphatic rings. The monoisotopic (exact) mass is 118 g/mol. The van der Waals surface area contributed by atoms with Gasteiger partial charge in [0.15, 0.2) is 0 Å². The van der Waals surface area contributed by atoms with Crippen molar-refractivity contribution in [1.29, 1.82) is 0 Å². The van der Waals surface area contributed by atoms with Gasteiger partial charge < -0.3 is 5.11 Å². The molecule has 0 amide bonds. The van der Waals surface area contributed by atoms with Crippen LogP contribution in [-0.4, -0.2) is 42.5 Å². The molecule has 0 bridgehead atoms. The second kappa shape index (κ2) is 3.83. The summed E-state index contributed by atoms with van der Waals surface area (Å²) < 4.78 is 0. The van der Waals surface area contributed by atoms with E-state index in [-0.39, 0.29) is 6.73 Å². The Balaban J connectivity index is 3.35. The van der Waals surface area contributed by atoms with E-state index in [0.29, 0.717) is 0 Å². The molecule has 8 heavy (non-hydrogen) atoms. The SMILES string of the molecule is CCN(CO)N(C)C. The lowest BCUT2D eigenvalue weighted by Gasteiger charge is -2.24. The highest BCUT2D eigenvalue weighted by Crippen LogP contribution is 1.85. The smallest absolute Gasteiger partial charge is 0.109 e. The van der Waals surface area contributed by atoms with Gasteiger partial charge in [-0.25, -0.2) is 10.0 Å². The quantitative estimate of drug-likeness (QED) is 0.408. The highest BCUT2D eigenvalue weighted by molar-refractivity contribution is 4.35. The van der Waals surface area contributed by atoms with Gasteiger partial charge in [0, 0.05) is 20.6 Å². The third-order valence-electron chi connectivity index (χ3n) is 1.09. The van der Waals surface area contributed by atoms with Gasteiger partial charge >= 0.3 is 0 Å². The summed E-state index contributed by atoms with van der Waals surface area (Å²) in [4.78, 5) is 0. The third kappa shape index (κ3) is 2.26. The molecule has 0 fully saturated rings. The molecule has 0 atom stereocenters. The predicted molar refractivity (Wildman–Crippen MR) is 33.2 cm³/mol. The van der Waals surface area contributed by atoms with Gasteiger partial charge in [0.1, 0.15) is 6.73 Å². The Morgan fingerprint density at radius 2 is 1.88 bits per heavy atom. The molecule has 3 heteroatoms. The zero-order valence-electron chi connectivity index (χ0n) is 5.76. The number of aliphatic hydroxyl groups excluding tert-OH is 1. The molecule has 0 spiro atoms. The first kappa shape index (κ1) is 7.88. The average Bonchev–Trinajstić information content (AvgIpc) is 1.69. The van der Waals surface area contributed by atoms with Crippen molar-refractivity contribution in [3.8, 4) is 0 Å². The van der Waals surface area contributed by atoms with E-state index in [2.05, 4.69) is 0 Å². The van der Waals surface area contributed by atoms with Gasteiger partial charge in [-0.1, -0.05) is 6.92 Å². The molecule has 0 radical (unpaired) electrons. The fourth-order valence-corrected chi connectivity index (χ4v) is 0.509. The van der Waals surface area contributed by atoms with Crippen LogP contribution in [0.2, 0.25) is 0 Å². The number of hydrazine groups is 1.